The predicted molar refractivity (Wildman–Crippen MR) is 21.4 cm³/mol. The number of carbonyl (C=O) groups excluding carboxylic acids is 2. The van der Waals surface area contributed by atoms with E-state index in [1.165, 1.54) is 6.92 Å². The van der Waals surface area contributed by atoms with E-state index in [9.17, 15) is 9.59 Å². The van der Waals surface area contributed by atoms with Crippen molar-refractivity contribution in [3.8, 4) is 0 Å². The van der Waals surface area contributed by atoms with E-state index in [1.807, 2.05) is 0 Å². The van der Waals surface area contributed by atoms with Crippen LogP contribution in [0.3, 0.4) is 0 Å². The molecule has 0 saturated carbocycles. The van der Waals surface area contributed by atoms with Gasteiger partial charge in [0.05, 0.1) is 0 Å². The average Bonchev–Trinajstić information content (AvgIpc) is 1.65. The van der Waals surface area contributed by atoms with E-state index in [2.05, 4.69) is 3.24 Å². The minimum atomic E-state index is -0.425. The molecule has 0 aliphatic heterocycles. The zero-order valence-electron chi connectivity index (χ0n) is 4.38. The van der Waals surface area contributed by atoms with Crippen LogP contribution in [0.2, 0.25) is 0 Å². The fraction of sp³-hybridized carbons (Fsp3) is 0.500. The summed E-state index contributed by atoms with van der Waals surface area (Å²) in [5.41, 5.74) is 0. The molecule has 0 aliphatic carbocycles. The van der Waals surface area contributed by atoms with Crippen molar-refractivity contribution in [1.82, 2.24) is 0 Å². The third-order valence-corrected chi connectivity index (χ3v) is 1.23. The van der Waals surface area contributed by atoms with Gasteiger partial charge >= 0.3 is 59.4 Å². The monoisotopic (exact) mass is 282 g/mol. The summed E-state index contributed by atoms with van der Waals surface area (Å²) >= 11 is 0.552. The molecule has 0 rings (SSSR count). The summed E-state index contributed by atoms with van der Waals surface area (Å²) < 4.78 is 4.31. The molecule has 0 saturated heterocycles. The van der Waals surface area contributed by atoms with Gasteiger partial charge in [-0.2, -0.15) is 0 Å². The number of hydrogen-bond acceptors (Lipinski definition) is 3. The van der Waals surface area contributed by atoms with E-state index in [-0.39, 0.29) is 12.2 Å². The third kappa shape index (κ3) is 4.05. The van der Waals surface area contributed by atoms with Gasteiger partial charge in [-0.25, -0.2) is 0 Å². The van der Waals surface area contributed by atoms with Gasteiger partial charge in [-0.3, -0.25) is 0 Å². The Morgan fingerprint density at radius 1 is 1.62 bits per heavy atom. The molecule has 0 atom stereocenters. The van der Waals surface area contributed by atoms with Crippen LogP contribution in [0.5, 0.6) is 0 Å². The van der Waals surface area contributed by atoms with Crippen LogP contribution in [0, 0.1) is 0 Å². The number of hydrogen-bond donors (Lipinski definition) is 0. The van der Waals surface area contributed by atoms with Gasteiger partial charge in [0.25, 0.3) is 0 Å². The van der Waals surface area contributed by atoms with Gasteiger partial charge in [-0.15, -0.1) is 0 Å². The fourth-order valence-electron chi connectivity index (χ4n) is 0.236. The third-order valence-electron chi connectivity index (χ3n) is 0.495. The molecule has 8 heavy (non-hydrogen) atoms. The molecule has 0 aromatic carbocycles. The Labute approximate surface area is 59.8 Å². The average molecular weight is 282 g/mol. The van der Waals surface area contributed by atoms with Crippen LogP contribution in [0.4, 0.5) is 0 Å². The first kappa shape index (κ1) is 7.88. The summed E-state index contributed by atoms with van der Waals surface area (Å²) in [7, 11) is 0. The second-order valence-electron chi connectivity index (χ2n) is 1.34. The van der Waals surface area contributed by atoms with Crippen LogP contribution in [-0.4, -0.2) is 11.8 Å². The van der Waals surface area contributed by atoms with Gasteiger partial charge in [-0.1, -0.05) is 0 Å². The summed E-state index contributed by atoms with van der Waals surface area (Å²) in [6.45, 7) is 1.36. The van der Waals surface area contributed by atoms with Gasteiger partial charge in [0.15, 0.2) is 0 Å². The van der Waals surface area contributed by atoms with E-state index in [4.69, 9.17) is 0 Å². The van der Waals surface area contributed by atoms with Crippen LogP contribution in [0.25, 0.3) is 0 Å². The molecule has 0 aromatic rings. The molecule has 3 nitrogen and oxygen atoms in total. The molecular formula is C4H5O3Ta. The Balaban J connectivity index is 3.40. The first-order valence-electron chi connectivity index (χ1n) is 2.00. The molecule has 0 radical (unpaired) electrons. The minimum absolute atomic E-state index is 0.0868. The van der Waals surface area contributed by atoms with Gasteiger partial charge in [0.1, 0.15) is 0 Å². The van der Waals surface area contributed by atoms with Crippen molar-refractivity contribution in [2.45, 2.75) is 13.3 Å². The van der Waals surface area contributed by atoms with E-state index in [0.717, 1.165) is 0 Å². The van der Waals surface area contributed by atoms with Crippen LogP contribution < -0.4 is 0 Å². The second kappa shape index (κ2) is 3.83. The Hall–Kier alpha value is -0.120. The molecule has 0 spiro atoms. The first-order valence-corrected chi connectivity index (χ1v) is 3.31. The van der Waals surface area contributed by atoms with Gasteiger partial charge in [0, 0.05) is 0 Å². The molecule has 0 N–H and O–H groups in total. The summed E-state index contributed by atoms with van der Waals surface area (Å²) in [6.07, 6.45) is -0.0868. The van der Waals surface area contributed by atoms with Crippen molar-refractivity contribution in [2.24, 2.45) is 0 Å². The molecule has 0 aliphatic rings. The zero-order chi connectivity index (χ0) is 6.57. The molecule has 0 unspecified atom stereocenters. The first-order chi connectivity index (χ1) is 3.66. The Morgan fingerprint density at radius 3 is 2.25 bits per heavy atom. The molecule has 44 valence electrons. The van der Waals surface area contributed by atoms with Crippen LogP contribution >= 0.6 is 0 Å². The van der Waals surface area contributed by atoms with Crippen LogP contribution in [0.15, 0.2) is 0 Å². The molecule has 4 heteroatoms. The normalized spacial score (nSPS) is 8.12. The Morgan fingerprint density at radius 2 is 2.12 bits per heavy atom. The van der Waals surface area contributed by atoms with Crippen molar-refractivity contribution in [1.29, 1.82) is 0 Å². The summed E-state index contributed by atoms with van der Waals surface area (Å²) in [5.74, 6) is -0.577. The van der Waals surface area contributed by atoms with Crippen molar-refractivity contribution in [2.75, 3.05) is 0 Å². The van der Waals surface area contributed by atoms with Crippen LogP contribution in [-0.2, 0) is 34.3 Å². The van der Waals surface area contributed by atoms with Gasteiger partial charge < -0.3 is 0 Å². The SMILES string of the molecule is CC(=O)CC(=O)[O][Ta]. The molecule has 0 fully saturated rings. The van der Waals surface area contributed by atoms with Crippen molar-refractivity contribution < 1.29 is 34.3 Å². The van der Waals surface area contributed by atoms with Gasteiger partial charge in [-0.05, 0) is 0 Å². The standard InChI is InChI=1S/C4H6O3.Ta/c1-3(5)2-4(6)7;/h2H2,1H3,(H,6,7);/q;+1/p-1. The van der Waals surface area contributed by atoms with Gasteiger partial charge in [0.2, 0.25) is 0 Å². The predicted octanol–water partition coefficient (Wildman–Crippen LogP) is -0.0295. The Bertz CT molecular complexity index is 110. The zero-order valence-corrected chi connectivity index (χ0v) is 7.59. The van der Waals surface area contributed by atoms with Crippen LogP contribution in [0.1, 0.15) is 13.3 Å². The number of carbonyl (C=O) groups is 2. The van der Waals surface area contributed by atoms with Crippen molar-refractivity contribution in [3.05, 3.63) is 0 Å². The summed E-state index contributed by atoms with van der Waals surface area (Å²) in [5, 5.41) is 0. The molecule has 0 heterocycles. The van der Waals surface area contributed by atoms with E-state index in [0.29, 0.717) is 21.5 Å². The van der Waals surface area contributed by atoms with E-state index < -0.39 is 5.97 Å². The molecular weight excluding hydrogens is 277 g/mol. The quantitative estimate of drug-likeness (QED) is 0.668. The topological polar surface area (TPSA) is 43.4 Å². The van der Waals surface area contributed by atoms with E-state index >= 15 is 0 Å². The van der Waals surface area contributed by atoms with Crippen molar-refractivity contribution in [3.63, 3.8) is 0 Å². The molecule has 0 aromatic heterocycles. The van der Waals surface area contributed by atoms with E-state index in [1.54, 1.807) is 0 Å². The fourth-order valence-corrected chi connectivity index (χ4v) is 0.467. The number of ketones is 1. The number of rotatable bonds is 2. The second-order valence-corrected chi connectivity index (χ2v) is 2.00. The maximum atomic E-state index is 10.2. The molecule has 0 amide bonds. The Kier molecular flexibility index (Phi) is 3.77. The van der Waals surface area contributed by atoms with Crippen molar-refractivity contribution >= 4 is 11.8 Å². The number of Topliss-reactive ketones (excluding diaryl/α,β-unsaturated/α-hetero) is 1. The summed E-state index contributed by atoms with van der Waals surface area (Å²) in [4.78, 5) is 20.3. The molecule has 0 bridgehead atoms. The maximum absolute atomic E-state index is 10.2. The summed E-state index contributed by atoms with van der Waals surface area (Å²) in [6, 6.07) is 0.